The summed E-state index contributed by atoms with van der Waals surface area (Å²) in [4.78, 5) is 0. The van der Waals surface area contributed by atoms with Crippen molar-refractivity contribution in [2.75, 3.05) is 7.05 Å². The van der Waals surface area contributed by atoms with E-state index in [1.165, 1.54) is 5.56 Å². The van der Waals surface area contributed by atoms with E-state index in [0.717, 1.165) is 12.2 Å². The lowest BCUT2D eigenvalue weighted by atomic mass is 10.1. The monoisotopic (exact) mass is 245 g/mol. The summed E-state index contributed by atoms with van der Waals surface area (Å²) in [6.07, 6.45) is 0.926. The second kappa shape index (κ2) is 5.73. The number of benzene rings is 1. The fraction of sp³-hybridized carbons (Fsp3) is 0.462. The molecule has 1 aromatic carbocycles. The summed E-state index contributed by atoms with van der Waals surface area (Å²) < 4.78 is 1.90. The maximum atomic E-state index is 4.10. The van der Waals surface area contributed by atoms with Gasteiger partial charge in [0.15, 0.2) is 5.82 Å². The molecule has 1 aromatic heterocycles. The minimum atomic E-state index is 0.151. The van der Waals surface area contributed by atoms with Gasteiger partial charge in [-0.1, -0.05) is 30.3 Å². The predicted molar refractivity (Wildman–Crippen MR) is 70.1 cm³/mol. The lowest BCUT2D eigenvalue weighted by molar-refractivity contribution is 0.434. The molecule has 5 nitrogen and oxygen atoms in total. The Morgan fingerprint density at radius 3 is 2.61 bits per heavy atom. The van der Waals surface area contributed by atoms with Crippen molar-refractivity contribution in [3.63, 3.8) is 0 Å². The molecule has 96 valence electrons. The van der Waals surface area contributed by atoms with E-state index >= 15 is 0 Å². The van der Waals surface area contributed by atoms with Gasteiger partial charge in [-0.25, -0.2) is 4.68 Å². The van der Waals surface area contributed by atoms with Crippen LogP contribution in [0.1, 0.15) is 37.3 Å². The molecule has 1 heterocycles. The van der Waals surface area contributed by atoms with Crippen LogP contribution in [0.3, 0.4) is 0 Å². The highest BCUT2D eigenvalue weighted by Gasteiger charge is 2.17. The van der Waals surface area contributed by atoms with Crippen molar-refractivity contribution >= 4 is 0 Å². The summed E-state index contributed by atoms with van der Waals surface area (Å²) in [6.45, 7) is 4.19. The first-order chi connectivity index (χ1) is 8.72. The third kappa shape index (κ3) is 2.73. The van der Waals surface area contributed by atoms with Crippen molar-refractivity contribution in [1.82, 2.24) is 25.5 Å². The minimum absolute atomic E-state index is 0.151. The molecule has 2 unspecified atom stereocenters. The van der Waals surface area contributed by atoms with Crippen LogP contribution in [-0.4, -0.2) is 27.3 Å². The van der Waals surface area contributed by atoms with E-state index in [-0.39, 0.29) is 12.1 Å². The Kier molecular flexibility index (Phi) is 4.04. The summed E-state index contributed by atoms with van der Waals surface area (Å²) in [7, 11) is 1.91. The average Bonchev–Trinajstić information content (AvgIpc) is 2.88. The fourth-order valence-electron chi connectivity index (χ4n) is 1.97. The van der Waals surface area contributed by atoms with E-state index < -0.39 is 0 Å². The van der Waals surface area contributed by atoms with E-state index in [2.05, 4.69) is 59.0 Å². The molecule has 0 radical (unpaired) electrons. The van der Waals surface area contributed by atoms with Gasteiger partial charge >= 0.3 is 0 Å². The van der Waals surface area contributed by atoms with Crippen LogP contribution in [0.5, 0.6) is 0 Å². The van der Waals surface area contributed by atoms with Crippen LogP contribution in [0, 0.1) is 0 Å². The predicted octanol–water partition coefficient (Wildman–Crippen LogP) is 1.76. The van der Waals surface area contributed by atoms with Crippen molar-refractivity contribution in [1.29, 1.82) is 0 Å². The topological polar surface area (TPSA) is 55.6 Å². The van der Waals surface area contributed by atoms with Crippen LogP contribution in [0.2, 0.25) is 0 Å². The number of tetrazole rings is 1. The zero-order chi connectivity index (χ0) is 13.0. The second-order valence-corrected chi connectivity index (χ2v) is 4.53. The average molecular weight is 245 g/mol. The summed E-state index contributed by atoms with van der Waals surface area (Å²) in [5.41, 5.74) is 1.29. The quantitative estimate of drug-likeness (QED) is 0.872. The highest BCUT2D eigenvalue weighted by molar-refractivity contribution is 5.15. The Hall–Kier alpha value is -1.75. The lowest BCUT2D eigenvalue weighted by Crippen LogP contribution is -2.21. The Labute approximate surface area is 107 Å². The Bertz CT molecular complexity index is 479. The zero-order valence-electron chi connectivity index (χ0n) is 11.0. The number of aromatic nitrogens is 4. The Morgan fingerprint density at radius 2 is 1.94 bits per heavy atom. The van der Waals surface area contributed by atoms with E-state index in [1.807, 2.05) is 17.8 Å². The SMILES string of the molecule is CNC(C)c1nnnn1C(C)Cc1ccccc1. The van der Waals surface area contributed by atoms with Gasteiger partial charge in [0, 0.05) is 0 Å². The number of rotatable bonds is 5. The smallest absolute Gasteiger partial charge is 0.168 e. The molecule has 1 N–H and O–H groups in total. The van der Waals surface area contributed by atoms with Gasteiger partial charge in [0.2, 0.25) is 0 Å². The molecule has 0 aliphatic rings. The molecule has 18 heavy (non-hydrogen) atoms. The second-order valence-electron chi connectivity index (χ2n) is 4.53. The molecular formula is C13H19N5. The van der Waals surface area contributed by atoms with Crippen LogP contribution >= 0.6 is 0 Å². The first-order valence-electron chi connectivity index (χ1n) is 6.21. The van der Waals surface area contributed by atoms with Gasteiger partial charge < -0.3 is 5.32 Å². The first kappa shape index (κ1) is 12.7. The van der Waals surface area contributed by atoms with Crippen molar-refractivity contribution in [3.05, 3.63) is 41.7 Å². The number of hydrogen-bond acceptors (Lipinski definition) is 4. The molecule has 5 heteroatoms. The fourth-order valence-corrected chi connectivity index (χ4v) is 1.97. The third-order valence-electron chi connectivity index (χ3n) is 3.13. The molecule has 0 amide bonds. The standard InChI is InChI=1S/C13H19N5/c1-10(9-12-7-5-4-6-8-12)18-13(11(2)14-3)15-16-17-18/h4-8,10-11,14H,9H2,1-3H3. The normalized spacial score (nSPS) is 14.4. The number of nitrogens with one attached hydrogen (secondary N) is 1. The van der Waals surface area contributed by atoms with E-state index in [1.54, 1.807) is 0 Å². The molecule has 0 aliphatic heterocycles. The third-order valence-corrected chi connectivity index (χ3v) is 3.13. The Balaban J connectivity index is 2.14. The molecule has 0 fully saturated rings. The molecule has 0 bridgehead atoms. The minimum Gasteiger partial charge on any atom is -0.311 e. The molecule has 0 aliphatic carbocycles. The summed E-state index contributed by atoms with van der Waals surface area (Å²) in [6, 6.07) is 10.8. The zero-order valence-corrected chi connectivity index (χ0v) is 11.0. The molecular weight excluding hydrogens is 226 g/mol. The number of hydrogen-bond donors (Lipinski definition) is 1. The van der Waals surface area contributed by atoms with E-state index in [4.69, 9.17) is 0 Å². The van der Waals surface area contributed by atoms with Gasteiger partial charge in [-0.05, 0) is 43.3 Å². The summed E-state index contributed by atoms with van der Waals surface area (Å²) >= 11 is 0. The molecule has 0 spiro atoms. The van der Waals surface area contributed by atoms with Crippen LogP contribution in [0.15, 0.2) is 30.3 Å². The first-order valence-corrected chi connectivity index (χ1v) is 6.21. The number of nitrogens with zero attached hydrogens (tertiary/aromatic N) is 4. The lowest BCUT2D eigenvalue weighted by Gasteiger charge is -2.16. The maximum absolute atomic E-state index is 4.10. The largest absolute Gasteiger partial charge is 0.311 e. The molecule has 2 rings (SSSR count). The van der Waals surface area contributed by atoms with Crippen LogP contribution in [0.25, 0.3) is 0 Å². The molecule has 2 atom stereocenters. The Morgan fingerprint density at radius 1 is 1.22 bits per heavy atom. The van der Waals surface area contributed by atoms with Crippen LogP contribution < -0.4 is 5.32 Å². The van der Waals surface area contributed by atoms with Crippen molar-refractivity contribution in [2.45, 2.75) is 32.4 Å². The summed E-state index contributed by atoms with van der Waals surface area (Å²) in [5, 5.41) is 15.1. The maximum Gasteiger partial charge on any atom is 0.168 e. The van der Waals surface area contributed by atoms with Crippen LogP contribution in [0.4, 0.5) is 0 Å². The van der Waals surface area contributed by atoms with Gasteiger partial charge in [-0.15, -0.1) is 5.10 Å². The summed E-state index contributed by atoms with van der Waals surface area (Å²) in [5.74, 6) is 0.876. The van der Waals surface area contributed by atoms with Crippen LogP contribution in [-0.2, 0) is 6.42 Å². The van der Waals surface area contributed by atoms with Gasteiger partial charge in [-0.2, -0.15) is 0 Å². The molecule has 0 saturated carbocycles. The van der Waals surface area contributed by atoms with E-state index in [9.17, 15) is 0 Å². The van der Waals surface area contributed by atoms with Gasteiger partial charge in [-0.3, -0.25) is 0 Å². The molecule has 2 aromatic rings. The van der Waals surface area contributed by atoms with Gasteiger partial charge in [0.05, 0.1) is 12.1 Å². The molecule has 0 saturated heterocycles. The van der Waals surface area contributed by atoms with Crippen molar-refractivity contribution in [3.8, 4) is 0 Å². The van der Waals surface area contributed by atoms with Gasteiger partial charge in [0.25, 0.3) is 0 Å². The highest BCUT2D eigenvalue weighted by atomic mass is 15.6. The van der Waals surface area contributed by atoms with Crippen molar-refractivity contribution < 1.29 is 0 Å². The highest BCUT2D eigenvalue weighted by Crippen LogP contribution is 2.16. The van der Waals surface area contributed by atoms with Gasteiger partial charge in [0.1, 0.15) is 0 Å². The van der Waals surface area contributed by atoms with Crippen molar-refractivity contribution in [2.24, 2.45) is 0 Å². The van der Waals surface area contributed by atoms with E-state index in [0.29, 0.717) is 0 Å².